The van der Waals surface area contributed by atoms with E-state index in [9.17, 15) is 14.0 Å². The summed E-state index contributed by atoms with van der Waals surface area (Å²) < 4.78 is 29.0. The largest absolute Gasteiger partial charge is 0.494 e. The van der Waals surface area contributed by atoms with E-state index in [4.69, 9.17) is 14.5 Å². The number of halogens is 1. The first-order valence-corrected chi connectivity index (χ1v) is 14.9. The molecule has 7 nitrogen and oxygen atoms in total. The molecule has 0 saturated carbocycles. The molecule has 0 aliphatic carbocycles. The number of esters is 1. The minimum Gasteiger partial charge on any atom is -0.494 e. The molecule has 1 aliphatic heterocycles. The van der Waals surface area contributed by atoms with Crippen LogP contribution >= 0.6 is 11.3 Å². The van der Waals surface area contributed by atoms with Crippen LogP contribution in [0.4, 0.5) is 4.39 Å². The van der Waals surface area contributed by atoms with Crippen molar-refractivity contribution in [1.82, 2.24) is 9.13 Å². The molecular weight excluding hydrogens is 565 g/mol. The Kier molecular flexibility index (Phi) is 7.82. The summed E-state index contributed by atoms with van der Waals surface area (Å²) in [6.45, 7) is 6.58. The van der Waals surface area contributed by atoms with Crippen LogP contribution in [0, 0.1) is 5.82 Å². The predicted octanol–water partition coefficient (Wildman–Crippen LogP) is 5.34. The highest BCUT2D eigenvalue weighted by molar-refractivity contribution is 7.07. The molecule has 0 bridgehead atoms. The van der Waals surface area contributed by atoms with Crippen molar-refractivity contribution in [1.29, 1.82) is 0 Å². The van der Waals surface area contributed by atoms with Crippen LogP contribution in [0.15, 0.2) is 100 Å². The maximum Gasteiger partial charge on any atom is 0.338 e. The second kappa shape index (κ2) is 11.9. The van der Waals surface area contributed by atoms with Crippen LogP contribution in [0.5, 0.6) is 5.75 Å². The zero-order chi connectivity index (χ0) is 30.1. The Balaban J connectivity index is 1.52. The molecule has 2 aromatic heterocycles. The van der Waals surface area contributed by atoms with Crippen LogP contribution in [0.3, 0.4) is 0 Å². The third kappa shape index (κ3) is 5.32. The molecule has 5 aromatic rings. The van der Waals surface area contributed by atoms with Crippen molar-refractivity contribution in [2.75, 3.05) is 13.2 Å². The highest BCUT2D eigenvalue weighted by Gasteiger charge is 2.35. The van der Waals surface area contributed by atoms with E-state index in [1.807, 2.05) is 67.7 Å². The summed E-state index contributed by atoms with van der Waals surface area (Å²) in [5.74, 6) is -0.205. The number of aromatic nitrogens is 2. The SMILES string of the molecule is CCOC(=O)C1=C(C)N=c2sc(=Cc3cn(Cc4ccc(F)cc4)c4ccccc34)c(=O)n2[C@@H]1c1ccccc1OCC. The Bertz CT molecular complexity index is 2050. The number of para-hydroxylation sites is 2. The average molecular weight is 596 g/mol. The lowest BCUT2D eigenvalue weighted by atomic mass is 9.95. The first-order valence-electron chi connectivity index (χ1n) is 14.1. The first kappa shape index (κ1) is 28.4. The van der Waals surface area contributed by atoms with Crippen LogP contribution in [0.25, 0.3) is 17.0 Å². The van der Waals surface area contributed by atoms with Crippen molar-refractivity contribution in [3.63, 3.8) is 0 Å². The van der Waals surface area contributed by atoms with Gasteiger partial charge >= 0.3 is 5.97 Å². The highest BCUT2D eigenvalue weighted by atomic mass is 32.1. The fourth-order valence-corrected chi connectivity index (χ4v) is 6.57. The van der Waals surface area contributed by atoms with E-state index in [0.717, 1.165) is 22.0 Å². The Hall–Kier alpha value is -4.76. The molecule has 0 amide bonds. The highest BCUT2D eigenvalue weighted by Crippen LogP contribution is 2.36. The summed E-state index contributed by atoms with van der Waals surface area (Å²) in [7, 11) is 0. The molecule has 1 atom stereocenters. The maximum atomic E-state index is 14.2. The molecule has 218 valence electrons. The summed E-state index contributed by atoms with van der Waals surface area (Å²) >= 11 is 1.28. The van der Waals surface area contributed by atoms with Gasteiger partial charge in [-0.25, -0.2) is 14.2 Å². The van der Waals surface area contributed by atoms with Gasteiger partial charge in [0.25, 0.3) is 5.56 Å². The lowest BCUT2D eigenvalue weighted by Gasteiger charge is -2.26. The fraction of sp³-hybridized carbons (Fsp3) is 0.206. The second-order valence-electron chi connectivity index (χ2n) is 10.1. The van der Waals surface area contributed by atoms with E-state index in [-0.39, 0.29) is 18.0 Å². The predicted molar refractivity (Wildman–Crippen MR) is 165 cm³/mol. The van der Waals surface area contributed by atoms with Crippen LogP contribution in [0.2, 0.25) is 0 Å². The quantitative estimate of drug-likeness (QED) is 0.227. The van der Waals surface area contributed by atoms with Gasteiger partial charge in [0.2, 0.25) is 0 Å². The van der Waals surface area contributed by atoms with E-state index < -0.39 is 12.0 Å². The maximum absolute atomic E-state index is 14.2. The normalized spacial score (nSPS) is 15.0. The van der Waals surface area contributed by atoms with Gasteiger partial charge in [0.15, 0.2) is 4.80 Å². The number of carbonyl (C=O) groups excluding carboxylic acids is 1. The lowest BCUT2D eigenvalue weighted by Crippen LogP contribution is -2.40. The van der Waals surface area contributed by atoms with Crippen molar-refractivity contribution < 1.29 is 18.7 Å². The number of thiazole rings is 1. The molecule has 43 heavy (non-hydrogen) atoms. The second-order valence-corrected chi connectivity index (χ2v) is 11.1. The van der Waals surface area contributed by atoms with E-state index in [0.29, 0.717) is 45.1 Å². The summed E-state index contributed by atoms with van der Waals surface area (Å²) in [6.07, 6.45) is 3.88. The number of hydrogen-bond acceptors (Lipinski definition) is 6. The van der Waals surface area contributed by atoms with Gasteiger partial charge in [-0.2, -0.15) is 0 Å². The van der Waals surface area contributed by atoms with E-state index in [1.54, 1.807) is 30.5 Å². The van der Waals surface area contributed by atoms with Gasteiger partial charge in [-0.05, 0) is 56.7 Å². The van der Waals surface area contributed by atoms with Crippen molar-refractivity contribution in [3.8, 4) is 5.75 Å². The summed E-state index contributed by atoms with van der Waals surface area (Å²) in [4.78, 5) is 32.7. The Morgan fingerprint density at radius 1 is 1.02 bits per heavy atom. The standard InChI is InChI=1S/C34H30FN3O4S/c1-4-41-28-13-9-7-11-26(28)31-30(33(40)42-5-2)21(3)36-34-38(31)32(39)29(43-34)18-23-20-37(27-12-8-6-10-25(23)27)19-22-14-16-24(35)17-15-22/h6-18,20,31H,4-5,19H2,1-3H3/t31-/m1/s1. The van der Waals surface area contributed by atoms with Crippen LogP contribution in [-0.2, 0) is 16.1 Å². The van der Waals surface area contributed by atoms with E-state index in [1.165, 1.54) is 23.5 Å². The molecule has 1 aliphatic rings. The van der Waals surface area contributed by atoms with Crippen molar-refractivity contribution in [2.45, 2.75) is 33.4 Å². The van der Waals surface area contributed by atoms with Gasteiger partial charge in [-0.15, -0.1) is 0 Å². The van der Waals surface area contributed by atoms with Gasteiger partial charge in [0, 0.05) is 34.8 Å². The third-order valence-corrected chi connectivity index (χ3v) is 8.39. The molecular formula is C34H30FN3O4S. The van der Waals surface area contributed by atoms with Crippen molar-refractivity contribution in [3.05, 3.63) is 132 Å². The van der Waals surface area contributed by atoms with Crippen molar-refractivity contribution in [2.24, 2.45) is 4.99 Å². The number of nitrogens with zero attached hydrogens (tertiary/aromatic N) is 3. The molecule has 0 radical (unpaired) electrons. The van der Waals surface area contributed by atoms with E-state index >= 15 is 0 Å². The minimum atomic E-state index is -0.764. The van der Waals surface area contributed by atoms with Crippen molar-refractivity contribution >= 4 is 34.3 Å². The smallest absolute Gasteiger partial charge is 0.338 e. The monoisotopic (exact) mass is 595 g/mol. The number of allylic oxidation sites excluding steroid dienone is 1. The Morgan fingerprint density at radius 2 is 1.77 bits per heavy atom. The summed E-state index contributed by atoms with van der Waals surface area (Å²) in [5, 5.41) is 0.983. The zero-order valence-electron chi connectivity index (χ0n) is 24.0. The minimum absolute atomic E-state index is 0.196. The molecule has 0 spiro atoms. The molecule has 0 N–H and O–H groups in total. The molecule has 0 unspecified atom stereocenters. The summed E-state index contributed by atoms with van der Waals surface area (Å²) in [6, 6.07) is 21.1. The number of hydrogen-bond donors (Lipinski definition) is 0. The van der Waals surface area contributed by atoms with Gasteiger partial charge in [0.05, 0.1) is 29.0 Å². The molecule has 0 fully saturated rings. The number of carbonyl (C=O) groups is 1. The zero-order valence-corrected chi connectivity index (χ0v) is 24.9. The number of rotatable bonds is 8. The Labute approximate surface area is 251 Å². The topological polar surface area (TPSA) is 74.8 Å². The van der Waals surface area contributed by atoms with Crippen LogP contribution in [0.1, 0.15) is 43.5 Å². The van der Waals surface area contributed by atoms with Gasteiger partial charge in [-0.1, -0.05) is 59.9 Å². The third-order valence-electron chi connectivity index (χ3n) is 7.40. The molecule has 3 aromatic carbocycles. The average Bonchev–Trinajstić information content (AvgIpc) is 3.50. The van der Waals surface area contributed by atoms with Crippen LogP contribution in [-0.4, -0.2) is 28.3 Å². The first-order chi connectivity index (χ1) is 20.9. The fourth-order valence-electron chi connectivity index (χ4n) is 5.53. The molecule has 3 heterocycles. The Morgan fingerprint density at radius 3 is 2.53 bits per heavy atom. The summed E-state index contributed by atoms with van der Waals surface area (Å²) in [5.41, 5.74) is 4.06. The lowest BCUT2D eigenvalue weighted by molar-refractivity contribution is -0.139. The van der Waals surface area contributed by atoms with Gasteiger partial charge < -0.3 is 14.0 Å². The number of fused-ring (bicyclic) bond motifs is 2. The molecule has 6 rings (SSSR count). The molecule has 9 heteroatoms. The van der Waals surface area contributed by atoms with E-state index in [2.05, 4.69) is 4.57 Å². The van der Waals surface area contributed by atoms with Gasteiger partial charge in [-0.3, -0.25) is 9.36 Å². The number of ether oxygens (including phenoxy) is 2. The molecule has 0 saturated heterocycles. The van der Waals surface area contributed by atoms with Crippen LogP contribution < -0.4 is 19.6 Å². The van der Waals surface area contributed by atoms with Gasteiger partial charge in [0.1, 0.15) is 17.6 Å². The number of benzene rings is 3.